The molecular formula is C24H27F5N2O2. The Bertz CT molecular complexity index is 989. The van der Waals surface area contributed by atoms with E-state index in [9.17, 15) is 27.5 Å². The number of carbonyl (C=O) groups excluding carboxylic acids is 1. The van der Waals surface area contributed by atoms with E-state index in [0.29, 0.717) is 18.5 Å². The molecule has 33 heavy (non-hydrogen) atoms. The number of nitrogens with one attached hydrogen (secondary N) is 2. The van der Waals surface area contributed by atoms with Crippen LogP contribution in [0.25, 0.3) is 11.1 Å². The Morgan fingerprint density at radius 2 is 1.94 bits per heavy atom. The highest BCUT2D eigenvalue weighted by Gasteiger charge is 2.42. The summed E-state index contributed by atoms with van der Waals surface area (Å²) in [5.41, 5.74) is -0.813. The van der Waals surface area contributed by atoms with Crippen LogP contribution in [-0.2, 0) is 10.4 Å². The third-order valence-electron chi connectivity index (χ3n) is 6.12. The molecular weight excluding hydrogens is 443 g/mol. The molecule has 1 fully saturated rings. The second-order valence-electron chi connectivity index (χ2n) is 8.47. The molecule has 0 spiro atoms. The highest BCUT2D eigenvalue weighted by molar-refractivity contribution is 5.81. The monoisotopic (exact) mass is 470 g/mol. The van der Waals surface area contributed by atoms with Crippen LogP contribution in [0.1, 0.15) is 36.8 Å². The summed E-state index contributed by atoms with van der Waals surface area (Å²) in [6.07, 6.45) is -3.67. The standard InChI is InChI=1S/C24H27F5N2O2/c1-15-8-9-19(25)17(13-15)21-18(6-2-7-20(21)26)23(33,16-5-3-11-30-14-16)10-4-12-31-22(32)24(27,28)29/h2,6-9,13,16,30,33H,3-5,10-12,14H2,1H3,(H,31,32)/t16-,23?/m1/s1. The highest BCUT2D eigenvalue weighted by Crippen LogP contribution is 2.44. The van der Waals surface area contributed by atoms with E-state index in [1.807, 2.05) is 0 Å². The summed E-state index contributed by atoms with van der Waals surface area (Å²) in [4.78, 5) is 11.1. The van der Waals surface area contributed by atoms with Crippen molar-refractivity contribution >= 4 is 5.91 Å². The van der Waals surface area contributed by atoms with Crippen LogP contribution in [0.3, 0.4) is 0 Å². The van der Waals surface area contributed by atoms with Gasteiger partial charge < -0.3 is 15.7 Å². The van der Waals surface area contributed by atoms with Crippen LogP contribution in [0.2, 0.25) is 0 Å². The molecule has 1 unspecified atom stereocenters. The molecule has 0 aliphatic carbocycles. The van der Waals surface area contributed by atoms with Crippen LogP contribution in [0.15, 0.2) is 36.4 Å². The van der Waals surface area contributed by atoms with Crippen molar-refractivity contribution in [3.8, 4) is 11.1 Å². The van der Waals surface area contributed by atoms with Gasteiger partial charge in [-0.25, -0.2) is 8.78 Å². The van der Waals surface area contributed by atoms with Gasteiger partial charge in [-0.1, -0.05) is 23.8 Å². The number of amides is 1. The summed E-state index contributed by atoms with van der Waals surface area (Å²) < 4.78 is 67.3. The molecule has 1 aliphatic heterocycles. The van der Waals surface area contributed by atoms with Crippen molar-refractivity contribution in [1.82, 2.24) is 10.6 Å². The fourth-order valence-corrected chi connectivity index (χ4v) is 4.47. The summed E-state index contributed by atoms with van der Waals surface area (Å²) in [5, 5.41) is 16.9. The second kappa shape index (κ2) is 10.2. The zero-order valence-corrected chi connectivity index (χ0v) is 18.2. The van der Waals surface area contributed by atoms with Crippen LogP contribution < -0.4 is 10.6 Å². The first-order chi connectivity index (χ1) is 15.5. The van der Waals surface area contributed by atoms with Crippen molar-refractivity contribution in [3.63, 3.8) is 0 Å². The van der Waals surface area contributed by atoms with Gasteiger partial charge in [0.25, 0.3) is 0 Å². The van der Waals surface area contributed by atoms with E-state index in [1.165, 1.54) is 30.3 Å². The van der Waals surface area contributed by atoms with Gasteiger partial charge in [-0.15, -0.1) is 0 Å². The summed E-state index contributed by atoms with van der Waals surface area (Å²) in [5.74, 6) is -3.78. The predicted octanol–water partition coefficient (Wildman–Crippen LogP) is 4.59. The molecule has 2 aromatic carbocycles. The van der Waals surface area contributed by atoms with E-state index in [0.717, 1.165) is 13.0 Å². The van der Waals surface area contributed by atoms with E-state index in [1.54, 1.807) is 18.3 Å². The summed E-state index contributed by atoms with van der Waals surface area (Å²) >= 11 is 0. The molecule has 9 heteroatoms. The van der Waals surface area contributed by atoms with Gasteiger partial charge in [-0.3, -0.25) is 4.79 Å². The van der Waals surface area contributed by atoms with Gasteiger partial charge in [0.05, 0.1) is 5.60 Å². The van der Waals surface area contributed by atoms with Crippen LogP contribution >= 0.6 is 0 Å². The Kier molecular flexibility index (Phi) is 7.74. The van der Waals surface area contributed by atoms with E-state index in [2.05, 4.69) is 5.32 Å². The SMILES string of the molecule is Cc1ccc(F)c(-c2c(F)cccc2C(O)(CCCNC(=O)C(F)(F)F)[C@@H]2CCCNC2)c1. The number of hydrogen-bond donors (Lipinski definition) is 3. The third kappa shape index (κ3) is 5.70. The number of alkyl halides is 3. The largest absolute Gasteiger partial charge is 0.471 e. The summed E-state index contributed by atoms with van der Waals surface area (Å²) in [7, 11) is 0. The number of aryl methyl sites for hydroxylation is 1. The van der Waals surface area contributed by atoms with Crippen LogP contribution in [-0.4, -0.2) is 36.8 Å². The summed E-state index contributed by atoms with van der Waals surface area (Å²) in [6.45, 7) is 2.59. The van der Waals surface area contributed by atoms with Gasteiger partial charge in [0.2, 0.25) is 0 Å². The first-order valence-electron chi connectivity index (χ1n) is 10.9. The molecule has 1 amide bonds. The lowest BCUT2D eigenvalue weighted by Crippen LogP contribution is -2.45. The van der Waals surface area contributed by atoms with E-state index < -0.39 is 29.3 Å². The fourth-order valence-electron chi connectivity index (χ4n) is 4.47. The van der Waals surface area contributed by atoms with Gasteiger partial charge in [0.15, 0.2) is 0 Å². The number of benzene rings is 2. The van der Waals surface area contributed by atoms with E-state index in [-0.39, 0.29) is 42.0 Å². The smallest absolute Gasteiger partial charge is 0.385 e. The number of halogens is 5. The molecule has 2 aromatic rings. The first kappa shape index (κ1) is 25.1. The minimum Gasteiger partial charge on any atom is -0.385 e. The average Bonchev–Trinajstić information content (AvgIpc) is 2.78. The Morgan fingerprint density at radius 1 is 1.18 bits per heavy atom. The molecule has 0 aromatic heterocycles. The van der Waals surface area contributed by atoms with Crippen LogP contribution in [0.5, 0.6) is 0 Å². The Morgan fingerprint density at radius 3 is 2.61 bits per heavy atom. The van der Waals surface area contributed by atoms with Gasteiger partial charge in [0.1, 0.15) is 11.6 Å². The molecule has 3 N–H and O–H groups in total. The molecule has 1 saturated heterocycles. The van der Waals surface area contributed by atoms with Gasteiger partial charge >= 0.3 is 12.1 Å². The third-order valence-corrected chi connectivity index (χ3v) is 6.12. The van der Waals surface area contributed by atoms with E-state index >= 15 is 4.39 Å². The lowest BCUT2D eigenvalue weighted by Gasteiger charge is -2.40. The van der Waals surface area contributed by atoms with Crippen molar-refractivity contribution in [2.24, 2.45) is 5.92 Å². The molecule has 0 saturated carbocycles. The Hall–Kier alpha value is -2.52. The molecule has 1 aliphatic rings. The van der Waals surface area contributed by atoms with Gasteiger partial charge in [-0.2, -0.15) is 13.2 Å². The van der Waals surface area contributed by atoms with Crippen molar-refractivity contribution in [3.05, 3.63) is 59.2 Å². The van der Waals surface area contributed by atoms with Crippen molar-refractivity contribution in [1.29, 1.82) is 0 Å². The fraction of sp³-hybridized carbons (Fsp3) is 0.458. The maximum absolute atomic E-state index is 15.1. The topological polar surface area (TPSA) is 61.4 Å². The Balaban J connectivity index is 1.99. The lowest BCUT2D eigenvalue weighted by molar-refractivity contribution is -0.173. The second-order valence-corrected chi connectivity index (χ2v) is 8.47. The van der Waals surface area contributed by atoms with Crippen LogP contribution in [0, 0.1) is 24.5 Å². The number of rotatable bonds is 7. The molecule has 4 nitrogen and oxygen atoms in total. The van der Waals surface area contributed by atoms with Gasteiger partial charge in [0, 0.05) is 30.1 Å². The highest BCUT2D eigenvalue weighted by atomic mass is 19.4. The molecule has 3 rings (SSSR count). The minimum atomic E-state index is -5.00. The molecule has 0 bridgehead atoms. The minimum absolute atomic E-state index is 0.00988. The predicted molar refractivity (Wildman–Crippen MR) is 114 cm³/mol. The zero-order valence-electron chi connectivity index (χ0n) is 18.2. The number of carbonyl (C=O) groups is 1. The van der Waals surface area contributed by atoms with E-state index in [4.69, 9.17) is 0 Å². The number of hydrogen-bond acceptors (Lipinski definition) is 3. The normalized spacial score (nSPS) is 18.6. The van der Waals surface area contributed by atoms with Crippen molar-refractivity contribution in [2.45, 2.75) is 44.4 Å². The number of piperidine rings is 1. The molecule has 0 radical (unpaired) electrons. The molecule has 2 atom stereocenters. The average molecular weight is 470 g/mol. The maximum atomic E-state index is 15.1. The quantitative estimate of drug-likeness (QED) is 0.410. The molecule has 1 heterocycles. The number of aliphatic hydroxyl groups is 1. The summed E-state index contributed by atoms with van der Waals surface area (Å²) in [6, 6.07) is 8.43. The maximum Gasteiger partial charge on any atom is 0.471 e. The first-order valence-corrected chi connectivity index (χ1v) is 10.9. The lowest BCUT2D eigenvalue weighted by atomic mass is 9.72. The Labute approximate surface area is 189 Å². The van der Waals surface area contributed by atoms with Crippen LogP contribution in [0.4, 0.5) is 22.0 Å². The van der Waals surface area contributed by atoms with Gasteiger partial charge in [-0.05, 0) is 62.9 Å². The zero-order chi connectivity index (χ0) is 24.2. The molecule has 180 valence electrons. The van der Waals surface area contributed by atoms with Crippen molar-refractivity contribution < 1.29 is 31.9 Å². The van der Waals surface area contributed by atoms with Crippen molar-refractivity contribution in [2.75, 3.05) is 19.6 Å².